The molecule has 0 spiro atoms. The van der Waals surface area contributed by atoms with E-state index in [9.17, 15) is 4.79 Å². The Kier molecular flexibility index (Phi) is 6.07. The fourth-order valence-corrected chi connectivity index (χ4v) is 1.92. The molecule has 1 aromatic carbocycles. The van der Waals surface area contributed by atoms with E-state index in [1.165, 1.54) is 20.3 Å². The molecule has 5 nitrogen and oxygen atoms in total. The number of nitrogens with zero attached hydrogens (tertiary/aromatic N) is 1. The molecule has 20 heavy (non-hydrogen) atoms. The number of hydrogen-bond acceptors (Lipinski definition) is 5. The van der Waals surface area contributed by atoms with Gasteiger partial charge in [0.25, 0.3) is 0 Å². The third kappa shape index (κ3) is 3.75. The van der Waals surface area contributed by atoms with Crippen molar-refractivity contribution in [1.82, 2.24) is 0 Å². The van der Waals surface area contributed by atoms with Crippen LogP contribution >= 0.6 is 15.9 Å². The van der Waals surface area contributed by atoms with Crippen molar-refractivity contribution in [3.8, 4) is 17.6 Å². The second-order valence-corrected chi connectivity index (χ2v) is 4.47. The Bertz CT molecular complexity index is 575. The summed E-state index contributed by atoms with van der Waals surface area (Å²) in [6, 6.07) is 5.19. The van der Waals surface area contributed by atoms with E-state index >= 15 is 0 Å². The number of halogens is 1. The third-order valence-corrected chi connectivity index (χ3v) is 3.11. The Morgan fingerprint density at radius 1 is 1.35 bits per heavy atom. The average Bonchev–Trinajstić information content (AvgIpc) is 2.45. The Morgan fingerprint density at radius 3 is 2.45 bits per heavy atom. The van der Waals surface area contributed by atoms with E-state index < -0.39 is 5.97 Å². The van der Waals surface area contributed by atoms with Crippen LogP contribution < -0.4 is 9.47 Å². The van der Waals surface area contributed by atoms with E-state index in [2.05, 4.69) is 15.9 Å². The molecule has 0 saturated carbocycles. The molecule has 6 heteroatoms. The molecule has 0 aliphatic rings. The van der Waals surface area contributed by atoms with Crippen molar-refractivity contribution < 1.29 is 19.0 Å². The zero-order valence-electron chi connectivity index (χ0n) is 11.4. The maximum atomic E-state index is 11.6. The Morgan fingerprint density at radius 2 is 1.95 bits per heavy atom. The normalized spacial score (nSPS) is 10.7. The van der Waals surface area contributed by atoms with Gasteiger partial charge in [-0.1, -0.05) is 15.9 Å². The highest BCUT2D eigenvalue weighted by atomic mass is 79.9. The lowest BCUT2D eigenvalue weighted by molar-refractivity contribution is -0.137. The van der Waals surface area contributed by atoms with Gasteiger partial charge in [-0.25, -0.2) is 4.79 Å². The molecule has 1 aromatic rings. The van der Waals surface area contributed by atoms with Gasteiger partial charge in [0, 0.05) is 4.47 Å². The molecule has 0 aromatic heterocycles. The molecule has 0 N–H and O–H groups in total. The van der Waals surface area contributed by atoms with E-state index in [1.807, 2.05) is 6.07 Å². The minimum Gasteiger partial charge on any atom is -0.493 e. The number of benzene rings is 1. The van der Waals surface area contributed by atoms with E-state index in [4.69, 9.17) is 19.5 Å². The topological polar surface area (TPSA) is 68.6 Å². The molecule has 0 saturated heterocycles. The van der Waals surface area contributed by atoms with Crippen molar-refractivity contribution in [2.45, 2.75) is 6.92 Å². The summed E-state index contributed by atoms with van der Waals surface area (Å²) in [6.07, 6.45) is 1.43. The molecular weight excluding hydrogens is 326 g/mol. The van der Waals surface area contributed by atoms with Crippen LogP contribution in [0.25, 0.3) is 6.08 Å². The summed E-state index contributed by atoms with van der Waals surface area (Å²) < 4.78 is 15.8. The zero-order chi connectivity index (χ0) is 15.1. The predicted octanol–water partition coefficient (Wildman–Crippen LogP) is 2.94. The van der Waals surface area contributed by atoms with Crippen molar-refractivity contribution in [3.63, 3.8) is 0 Å². The lowest BCUT2D eigenvalue weighted by Gasteiger charge is -2.10. The van der Waals surface area contributed by atoms with Gasteiger partial charge in [0.05, 0.1) is 20.8 Å². The number of carbonyl (C=O) groups is 1. The fraction of sp³-hybridized carbons (Fsp3) is 0.286. The van der Waals surface area contributed by atoms with Gasteiger partial charge in [-0.2, -0.15) is 5.26 Å². The van der Waals surface area contributed by atoms with Crippen LogP contribution in [0.2, 0.25) is 0 Å². The van der Waals surface area contributed by atoms with Crippen LogP contribution in [0.5, 0.6) is 11.5 Å². The number of carbonyl (C=O) groups excluding carboxylic acids is 1. The third-order valence-electron chi connectivity index (χ3n) is 2.42. The zero-order valence-corrected chi connectivity index (χ0v) is 13.0. The van der Waals surface area contributed by atoms with Crippen molar-refractivity contribution in [3.05, 3.63) is 27.7 Å². The van der Waals surface area contributed by atoms with Gasteiger partial charge in [0.15, 0.2) is 11.5 Å². The summed E-state index contributed by atoms with van der Waals surface area (Å²) >= 11 is 3.36. The molecule has 1 rings (SSSR count). The molecule has 106 valence electrons. The number of hydrogen-bond donors (Lipinski definition) is 0. The van der Waals surface area contributed by atoms with Crippen LogP contribution in [-0.2, 0) is 9.53 Å². The van der Waals surface area contributed by atoms with Crippen molar-refractivity contribution in [1.29, 1.82) is 5.26 Å². The first kappa shape index (κ1) is 16.1. The first-order valence-corrected chi connectivity index (χ1v) is 6.57. The van der Waals surface area contributed by atoms with Crippen LogP contribution in [0.1, 0.15) is 12.5 Å². The summed E-state index contributed by atoms with van der Waals surface area (Å²) in [5, 5.41) is 9.01. The minimum atomic E-state index is -0.656. The predicted molar refractivity (Wildman–Crippen MR) is 77.5 cm³/mol. The quantitative estimate of drug-likeness (QED) is 0.468. The Balaban J connectivity index is 3.25. The highest BCUT2D eigenvalue weighted by Gasteiger charge is 2.13. The smallest absolute Gasteiger partial charge is 0.348 e. The number of rotatable bonds is 5. The van der Waals surface area contributed by atoms with E-state index in [1.54, 1.807) is 19.1 Å². The summed E-state index contributed by atoms with van der Waals surface area (Å²) in [6.45, 7) is 1.89. The van der Waals surface area contributed by atoms with Gasteiger partial charge in [0.2, 0.25) is 0 Å². The number of ether oxygens (including phenoxy) is 3. The first-order valence-electron chi connectivity index (χ1n) is 5.77. The van der Waals surface area contributed by atoms with E-state index in [0.29, 0.717) is 21.5 Å². The lowest BCUT2D eigenvalue weighted by Crippen LogP contribution is -2.06. The SMILES string of the molecule is CCOC(=O)C(C#N)=Cc1cc(OC)c(OC)cc1Br. The second-order valence-electron chi connectivity index (χ2n) is 3.62. The van der Waals surface area contributed by atoms with Gasteiger partial charge in [-0.3, -0.25) is 0 Å². The van der Waals surface area contributed by atoms with Crippen molar-refractivity contribution in [2.24, 2.45) is 0 Å². The fourth-order valence-electron chi connectivity index (χ4n) is 1.48. The second kappa shape index (κ2) is 7.56. The number of nitriles is 1. The highest BCUT2D eigenvalue weighted by Crippen LogP contribution is 2.34. The van der Waals surface area contributed by atoms with Crippen LogP contribution in [-0.4, -0.2) is 26.8 Å². The highest BCUT2D eigenvalue weighted by molar-refractivity contribution is 9.10. The molecule has 0 bridgehead atoms. The molecule has 0 radical (unpaired) electrons. The molecule has 0 atom stereocenters. The van der Waals surface area contributed by atoms with Gasteiger partial charge in [0.1, 0.15) is 11.6 Å². The van der Waals surface area contributed by atoms with Gasteiger partial charge in [-0.05, 0) is 30.7 Å². The van der Waals surface area contributed by atoms with Gasteiger partial charge < -0.3 is 14.2 Å². The molecule has 0 aliphatic heterocycles. The Hall–Kier alpha value is -2.00. The van der Waals surface area contributed by atoms with E-state index in [-0.39, 0.29) is 12.2 Å². The maximum absolute atomic E-state index is 11.6. The maximum Gasteiger partial charge on any atom is 0.348 e. The Labute approximate surface area is 125 Å². The van der Waals surface area contributed by atoms with Crippen LogP contribution in [0.15, 0.2) is 22.2 Å². The number of esters is 1. The van der Waals surface area contributed by atoms with Crippen LogP contribution in [0.3, 0.4) is 0 Å². The summed E-state index contributed by atoms with van der Waals surface area (Å²) in [7, 11) is 3.04. The standard InChI is InChI=1S/C14H14BrNO4/c1-4-20-14(17)10(8-16)5-9-6-12(18-2)13(19-3)7-11(9)15/h5-7H,4H2,1-3H3. The first-order chi connectivity index (χ1) is 9.57. The summed E-state index contributed by atoms with van der Waals surface area (Å²) in [4.78, 5) is 11.6. The summed E-state index contributed by atoms with van der Waals surface area (Å²) in [5.74, 6) is 0.394. The van der Waals surface area contributed by atoms with Crippen LogP contribution in [0.4, 0.5) is 0 Å². The molecule has 0 unspecified atom stereocenters. The van der Waals surface area contributed by atoms with Crippen molar-refractivity contribution in [2.75, 3.05) is 20.8 Å². The summed E-state index contributed by atoms with van der Waals surface area (Å²) in [5.41, 5.74) is 0.534. The number of methoxy groups -OCH3 is 2. The largest absolute Gasteiger partial charge is 0.493 e. The molecule has 0 aliphatic carbocycles. The average molecular weight is 340 g/mol. The van der Waals surface area contributed by atoms with Crippen molar-refractivity contribution >= 4 is 28.0 Å². The molecule has 0 fully saturated rings. The van der Waals surface area contributed by atoms with Crippen LogP contribution in [0, 0.1) is 11.3 Å². The van der Waals surface area contributed by atoms with E-state index in [0.717, 1.165) is 0 Å². The minimum absolute atomic E-state index is 0.0835. The molecule has 0 amide bonds. The lowest BCUT2D eigenvalue weighted by atomic mass is 10.1. The van der Waals surface area contributed by atoms with Gasteiger partial charge in [-0.15, -0.1) is 0 Å². The molecular formula is C14H14BrNO4. The molecule has 0 heterocycles. The monoisotopic (exact) mass is 339 g/mol. The van der Waals surface area contributed by atoms with Gasteiger partial charge >= 0.3 is 5.97 Å².